The van der Waals surface area contributed by atoms with Crippen LogP contribution in [0.5, 0.6) is 5.75 Å². The molecule has 3 aromatic carbocycles. The summed E-state index contributed by atoms with van der Waals surface area (Å²) in [7, 11) is 0. The zero-order valence-corrected chi connectivity index (χ0v) is 26.2. The van der Waals surface area contributed by atoms with E-state index in [2.05, 4.69) is 16.0 Å². The number of aliphatic hydroxyl groups is 1. The van der Waals surface area contributed by atoms with Gasteiger partial charge in [0, 0.05) is 30.1 Å². The fraction of sp³-hybridized carbons (Fsp3) is 0.432. The van der Waals surface area contributed by atoms with Crippen LogP contribution < -0.4 is 20.7 Å². The summed E-state index contributed by atoms with van der Waals surface area (Å²) in [4.78, 5) is 41.7. The second-order valence-corrected chi connectivity index (χ2v) is 11.7. The van der Waals surface area contributed by atoms with Gasteiger partial charge in [-0.2, -0.15) is 0 Å². The van der Waals surface area contributed by atoms with E-state index in [1.807, 2.05) is 0 Å². The highest BCUT2D eigenvalue weighted by atomic mass is 16.5. The van der Waals surface area contributed by atoms with Gasteiger partial charge in [-0.1, -0.05) is 92.7 Å². The first-order chi connectivity index (χ1) is 25.3. The van der Waals surface area contributed by atoms with Crippen LogP contribution in [-0.4, -0.2) is 71.8 Å². The summed E-state index contributed by atoms with van der Waals surface area (Å²) >= 11 is 0. The van der Waals surface area contributed by atoms with E-state index in [1.165, 1.54) is 23.1 Å². The molecule has 4 N–H and O–H groups in total. The molecule has 246 valence electrons. The molecule has 1 aliphatic heterocycles. The topological polar surface area (TPSA) is 120 Å². The number of nitrogens with one attached hydrogen (secondary N) is 3. The number of para-hydroxylation sites is 1. The molecule has 0 unspecified atom stereocenters. The lowest BCUT2D eigenvalue weighted by atomic mass is 9.92. The average Bonchev–Trinajstić information content (AvgIpc) is 3.10. The molecular weight excluding hydrogens is 580 g/mol. The molecule has 0 radical (unpaired) electrons. The van der Waals surface area contributed by atoms with Gasteiger partial charge in [0.05, 0.1) is 12.1 Å². The highest BCUT2D eigenvalue weighted by Crippen LogP contribution is 2.22. The molecule has 1 saturated heterocycles. The molecule has 0 bridgehead atoms. The summed E-state index contributed by atoms with van der Waals surface area (Å²) in [5, 5.41) is 20.1. The largest absolute Gasteiger partial charge is 0.483 e. The molecule has 0 aromatic heterocycles. The fourth-order valence-corrected chi connectivity index (χ4v) is 5.50. The van der Waals surface area contributed by atoms with Gasteiger partial charge in [-0.3, -0.25) is 9.59 Å². The van der Waals surface area contributed by atoms with Gasteiger partial charge in [0.25, 0.3) is 5.91 Å². The van der Waals surface area contributed by atoms with Crippen LogP contribution in [-0.2, 0) is 22.4 Å². The van der Waals surface area contributed by atoms with Crippen molar-refractivity contribution in [2.75, 3.05) is 19.7 Å². The van der Waals surface area contributed by atoms with E-state index in [-0.39, 0.29) is 35.4 Å². The normalized spacial score (nSPS) is 19.2. The lowest BCUT2D eigenvalue weighted by Crippen LogP contribution is -2.59. The molecule has 4 amide bonds. The molecule has 4 atom stereocenters. The number of carbonyl (C=O) groups is 3. The number of carbonyl (C=O) groups excluding carboxylic acids is 3. The number of aliphatic hydroxyl groups excluding tert-OH is 1. The van der Waals surface area contributed by atoms with Crippen molar-refractivity contribution < 1.29 is 35.2 Å². The SMILES string of the molecule is [2H]C([2H])([2H])c1cccc(C([2H])([2H])[2H])c1OCC(=O)N[C@@H](Cc1ccccc1)[C@@H](O)C[C@@H](NC(=O)[C@H](C(C)C)N1CCCNC1=O)C([2H])([2H])c1ccccc1. The molecular formula is C37H48N4O5. The molecule has 0 aliphatic carbocycles. The number of hydrogen-bond acceptors (Lipinski definition) is 5. The van der Waals surface area contributed by atoms with E-state index in [0.717, 1.165) is 0 Å². The lowest BCUT2D eigenvalue weighted by Gasteiger charge is -2.37. The quantitative estimate of drug-likeness (QED) is 0.198. The van der Waals surface area contributed by atoms with E-state index in [0.29, 0.717) is 25.1 Å². The van der Waals surface area contributed by atoms with Crippen molar-refractivity contribution in [1.29, 1.82) is 0 Å². The number of benzene rings is 3. The molecule has 0 saturated carbocycles. The Labute approximate surface area is 284 Å². The standard InChI is InChI=1S/C37H48N4O5/c1-25(2)34(41-20-12-19-38-37(41)45)36(44)39-30(21-28-15-7-5-8-16-28)23-32(42)31(22-29-17-9-6-10-18-29)40-33(43)24-46-35-26(3)13-11-14-27(35)4/h5-11,13-18,25,30-32,34,42H,12,19-24H2,1-4H3,(H,38,45)(H,39,44)(H,40,43)/t30-,31-,32-,34-/m0/s1/i3D3,4D3,21D2. The minimum atomic E-state index is -2.75. The Morgan fingerprint density at radius 3 is 2.24 bits per heavy atom. The second kappa shape index (κ2) is 16.8. The second-order valence-electron chi connectivity index (χ2n) is 11.7. The number of amides is 4. The van der Waals surface area contributed by atoms with Gasteiger partial charge in [0.1, 0.15) is 11.8 Å². The van der Waals surface area contributed by atoms with Crippen molar-refractivity contribution in [2.45, 2.75) is 77.4 Å². The van der Waals surface area contributed by atoms with Crippen molar-refractivity contribution >= 4 is 17.8 Å². The Hall–Kier alpha value is -4.37. The Bertz CT molecular complexity index is 1690. The van der Waals surface area contributed by atoms with E-state index >= 15 is 0 Å². The third kappa shape index (κ3) is 9.81. The Kier molecular flexibility index (Phi) is 9.06. The lowest BCUT2D eigenvalue weighted by molar-refractivity contribution is -0.128. The van der Waals surface area contributed by atoms with Gasteiger partial charge in [-0.05, 0) is 67.5 Å². The Morgan fingerprint density at radius 1 is 0.978 bits per heavy atom. The molecule has 46 heavy (non-hydrogen) atoms. The number of urea groups is 1. The number of ether oxygens (including phenoxy) is 1. The molecule has 0 spiro atoms. The summed E-state index contributed by atoms with van der Waals surface area (Å²) in [6, 6.07) is 16.9. The van der Waals surface area contributed by atoms with Crippen LogP contribution in [0.2, 0.25) is 0 Å². The summed E-state index contributed by atoms with van der Waals surface area (Å²) in [6.45, 7) is -1.92. The Morgan fingerprint density at radius 2 is 1.63 bits per heavy atom. The molecule has 9 nitrogen and oxygen atoms in total. The van der Waals surface area contributed by atoms with E-state index in [4.69, 9.17) is 13.0 Å². The maximum absolute atomic E-state index is 14.0. The molecule has 1 aliphatic rings. The zero-order valence-electron chi connectivity index (χ0n) is 34.2. The van der Waals surface area contributed by atoms with Gasteiger partial charge < -0.3 is 30.7 Å². The highest BCUT2D eigenvalue weighted by Gasteiger charge is 2.35. The maximum Gasteiger partial charge on any atom is 0.318 e. The predicted octanol–water partition coefficient (Wildman–Crippen LogP) is 4.33. The highest BCUT2D eigenvalue weighted by molar-refractivity contribution is 5.87. The zero-order chi connectivity index (χ0) is 39.8. The third-order valence-electron chi connectivity index (χ3n) is 7.73. The van der Waals surface area contributed by atoms with Gasteiger partial charge in [0.2, 0.25) is 5.91 Å². The summed E-state index contributed by atoms with van der Waals surface area (Å²) in [5.74, 6) is -2.22. The number of nitrogens with zero attached hydrogens (tertiary/aromatic N) is 1. The summed E-state index contributed by atoms with van der Waals surface area (Å²) in [5.41, 5.74) is 0.179. The average molecular weight is 637 g/mol. The first-order valence-corrected chi connectivity index (χ1v) is 15.5. The first kappa shape index (κ1) is 24.8. The first-order valence-electron chi connectivity index (χ1n) is 19.5. The molecule has 9 heteroatoms. The number of hydrogen-bond donors (Lipinski definition) is 4. The van der Waals surface area contributed by atoms with Crippen LogP contribution in [0.3, 0.4) is 0 Å². The van der Waals surface area contributed by atoms with Crippen LogP contribution in [0.4, 0.5) is 4.79 Å². The van der Waals surface area contributed by atoms with Crippen molar-refractivity contribution in [1.82, 2.24) is 20.9 Å². The van der Waals surface area contributed by atoms with Gasteiger partial charge >= 0.3 is 6.03 Å². The van der Waals surface area contributed by atoms with Gasteiger partial charge in [0.15, 0.2) is 6.61 Å². The van der Waals surface area contributed by atoms with Crippen LogP contribution in [0.15, 0.2) is 78.9 Å². The van der Waals surface area contributed by atoms with Crippen LogP contribution in [0.25, 0.3) is 0 Å². The Balaban J connectivity index is 1.64. The summed E-state index contributed by atoms with van der Waals surface area (Å²) < 4.78 is 71.4. The number of aryl methyl sites for hydroxylation is 2. The molecule has 1 fully saturated rings. The smallest absolute Gasteiger partial charge is 0.318 e. The third-order valence-corrected chi connectivity index (χ3v) is 7.73. The van der Waals surface area contributed by atoms with E-state index in [1.54, 1.807) is 74.5 Å². The number of rotatable bonds is 15. The molecule has 1 heterocycles. The fourth-order valence-electron chi connectivity index (χ4n) is 5.50. The van der Waals surface area contributed by atoms with Crippen molar-refractivity contribution in [3.8, 4) is 5.75 Å². The summed E-state index contributed by atoms with van der Waals surface area (Å²) in [6.07, 6.45) is -3.40. The van der Waals surface area contributed by atoms with Crippen LogP contribution in [0.1, 0.15) is 59.9 Å². The van der Waals surface area contributed by atoms with Crippen molar-refractivity contribution in [2.24, 2.45) is 5.92 Å². The van der Waals surface area contributed by atoms with Gasteiger partial charge in [-0.15, -0.1) is 0 Å². The molecule has 4 rings (SSSR count). The minimum Gasteiger partial charge on any atom is -0.483 e. The van der Waals surface area contributed by atoms with Crippen LogP contribution >= 0.6 is 0 Å². The van der Waals surface area contributed by atoms with E-state index in [9.17, 15) is 22.2 Å². The maximum atomic E-state index is 14.0. The van der Waals surface area contributed by atoms with Crippen molar-refractivity contribution in [3.63, 3.8) is 0 Å². The predicted molar refractivity (Wildman–Crippen MR) is 180 cm³/mol. The van der Waals surface area contributed by atoms with Crippen LogP contribution in [0, 0.1) is 19.6 Å². The molecule has 3 aromatic rings. The minimum absolute atomic E-state index is 0.0672. The van der Waals surface area contributed by atoms with Crippen molar-refractivity contribution in [3.05, 3.63) is 101 Å². The van der Waals surface area contributed by atoms with E-state index < -0.39 is 74.5 Å². The monoisotopic (exact) mass is 636 g/mol. The van der Waals surface area contributed by atoms with Gasteiger partial charge in [-0.25, -0.2) is 4.79 Å².